The Morgan fingerprint density at radius 1 is 1.52 bits per heavy atom. The number of oxime groups is 1. The van der Waals surface area contributed by atoms with Crippen LogP contribution in [0.5, 0.6) is 0 Å². The third-order valence-electron chi connectivity index (χ3n) is 4.30. The van der Waals surface area contributed by atoms with E-state index in [-0.39, 0.29) is 34.5 Å². The molecule has 4 N–H and O–H groups in total. The first kappa shape index (κ1) is 21.2. The van der Waals surface area contributed by atoms with E-state index in [1.807, 2.05) is 0 Å². The Labute approximate surface area is 172 Å². The number of ether oxygens (including phenoxy) is 1. The zero-order valence-electron chi connectivity index (χ0n) is 15.3. The van der Waals surface area contributed by atoms with Gasteiger partial charge < -0.3 is 30.9 Å². The van der Waals surface area contributed by atoms with Gasteiger partial charge in [-0.05, 0) is 0 Å². The van der Waals surface area contributed by atoms with Crippen LogP contribution in [0.3, 0.4) is 0 Å². The number of fused-ring (bicyclic) bond motifs is 1. The van der Waals surface area contributed by atoms with Crippen LogP contribution in [-0.2, 0) is 24.0 Å². The summed E-state index contributed by atoms with van der Waals surface area (Å²) in [6.07, 6.45) is 0. The van der Waals surface area contributed by atoms with Gasteiger partial charge in [-0.15, -0.1) is 11.3 Å². The lowest BCUT2D eigenvalue weighted by atomic mass is 10.0. The molecule has 1 aromatic rings. The number of carbonyl (C=O) groups excluding carboxylic acids is 2. The van der Waals surface area contributed by atoms with E-state index in [2.05, 4.69) is 20.3 Å². The van der Waals surface area contributed by atoms with E-state index >= 15 is 0 Å². The van der Waals surface area contributed by atoms with E-state index in [0.717, 1.165) is 23.1 Å². The largest absolute Gasteiger partial charge is 0.619 e. The lowest BCUT2D eigenvalue weighted by Crippen LogP contribution is -2.79. The number of carboxylic acid groups (broad SMARTS) is 1. The van der Waals surface area contributed by atoms with Crippen molar-refractivity contribution in [2.24, 2.45) is 5.16 Å². The minimum atomic E-state index is -1.66. The summed E-state index contributed by atoms with van der Waals surface area (Å²) in [7, 11) is 2.59. The summed E-state index contributed by atoms with van der Waals surface area (Å²) in [5.74, 6) is -3.10. The third-order valence-corrected chi connectivity index (χ3v) is 6.40. The van der Waals surface area contributed by atoms with Crippen molar-refractivity contribution in [2.45, 2.75) is 11.4 Å². The number of β-lactam (4-membered cyclic amide) rings is 1. The maximum absolute atomic E-state index is 13.1. The summed E-state index contributed by atoms with van der Waals surface area (Å²) in [6.45, 7) is -0.0796. The quantitative estimate of drug-likeness (QED) is 0.163. The molecule has 3 heterocycles. The third kappa shape index (κ3) is 3.49. The molecular weight excluding hydrogens is 426 g/mol. The molecule has 1 aromatic heterocycles. The van der Waals surface area contributed by atoms with Crippen molar-refractivity contribution < 1.29 is 33.7 Å². The van der Waals surface area contributed by atoms with E-state index < -0.39 is 39.5 Å². The number of anilines is 1. The first-order valence-electron chi connectivity index (χ1n) is 8.09. The second-order valence-corrected chi connectivity index (χ2v) is 8.03. The van der Waals surface area contributed by atoms with Crippen LogP contribution in [0.2, 0.25) is 0 Å². The number of thiazole rings is 1. The van der Waals surface area contributed by atoms with Crippen LogP contribution in [-0.4, -0.2) is 76.2 Å². The van der Waals surface area contributed by atoms with Crippen molar-refractivity contribution in [3.8, 4) is 0 Å². The molecule has 0 aromatic carbocycles. The molecule has 0 saturated carbocycles. The number of aliphatic carboxylic acids is 1. The number of nitrogens with two attached hydrogens (primary N) is 1. The van der Waals surface area contributed by atoms with Gasteiger partial charge in [0.05, 0.1) is 6.61 Å². The van der Waals surface area contributed by atoms with Gasteiger partial charge in [-0.1, -0.05) is 16.9 Å². The van der Waals surface area contributed by atoms with Gasteiger partial charge in [0.2, 0.25) is 11.7 Å². The van der Waals surface area contributed by atoms with E-state index in [1.165, 1.54) is 19.6 Å². The Bertz CT molecular complexity index is 930. The van der Waals surface area contributed by atoms with Crippen LogP contribution < -0.4 is 11.1 Å². The Balaban J connectivity index is 1.85. The van der Waals surface area contributed by atoms with Crippen LogP contribution >= 0.6 is 23.1 Å². The number of aromatic nitrogens is 1. The molecule has 12 nitrogen and oxygen atoms in total. The van der Waals surface area contributed by atoms with Crippen LogP contribution in [0.4, 0.5) is 5.13 Å². The summed E-state index contributed by atoms with van der Waals surface area (Å²) in [6, 6.07) is -1.19. The Morgan fingerprint density at radius 2 is 2.24 bits per heavy atom. The van der Waals surface area contributed by atoms with Crippen LogP contribution in [0.25, 0.3) is 0 Å². The molecule has 14 heteroatoms. The molecule has 3 atom stereocenters. The van der Waals surface area contributed by atoms with Gasteiger partial charge in [0.1, 0.15) is 12.8 Å². The average molecular weight is 443 g/mol. The van der Waals surface area contributed by atoms with Gasteiger partial charge in [0, 0.05) is 23.8 Å². The number of thioether (sulfide) groups is 1. The maximum atomic E-state index is 13.1. The smallest absolute Gasteiger partial charge is 0.391 e. The van der Waals surface area contributed by atoms with Gasteiger partial charge in [0.15, 0.2) is 16.2 Å². The molecule has 0 bridgehead atoms. The fourth-order valence-corrected chi connectivity index (χ4v) is 5.06. The minimum absolute atomic E-state index is 0.0796. The average Bonchev–Trinajstić information content (AvgIpc) is 3.10. The molecule has 1 saturated heterocycles. The zero-order valence-corrected chi connectivity index (χ0v) is 16.9. The van der Waals surface area contributed by atoms with Crippen molar-refractivity contribution in [2.75, 3.05) is 32.3 Å². The van der Waals surface area contributed by atoms with Crippen molar-refractivity contribution >= 4 is 51.7 Å². The highest BCUT2D eigenvalue weighted by atomic mass is 32.2. The monoisotopic (exact) mass is 443 g/mol. The Hall–Kier alpha value is -2.52. The van der Waals surface area contributed by atoms with E-state index in [0.29, 0.717) is 0 Å². The molecule has 0 radical (unpaired) electrons. The fraction of sp³-hybridized carbons (Fsp3) is 0.400. The number of hydroxylamine groups is 3. The first-order valence-corrected chi connectivity index (χ1v) is 10.0. The summed E-state index contributed by atoms with van der Waals surface area (Å²) in [5.41, 5.74) is 5.15. The van der Waals surface area contributed by atoms with Gasteiger partial charge in [-0.2, -0.15) is 0 Å². The summed E-state index contributed by atoms with van der Waals surface area (Å²) in [5, 5.41) is 29.3. The molecule has 0 aliphatic carbocycles. The number of hydrogen-bond acceptors (Lipinski definition) is 11. The highest BCUT2D eigenvalue weighted by Gasteiger charge is 2.66. The Morgan fingerprint density at radius 3 is 2.79 bits per heavy atom. The number of carboxylic acids is 1. The number of methoxy groups -OCH3 is 1. The summed E-state index contributed by atoms with van der Waals surface area (Å²) in [4.78, 5) is 45.5. The second-order valence-electron chi connectivity index (χ2n) is 6.03. The number of quaternary nitrogens is 1. The predicted octanol–water partition coefficient (Wildman–Crippen LogP) is -0.527. The highest BCUT2D eigenvalue weighted by molar-refractivity contribution is 8.00. The van der Waals surface area contributed by atoms with Gasteiger partial charge in [0.25, 0.3) is 5.91 Å². The predicted molar refractivity (Wildman–Crippen MR) is 103 cm³/mol. The fourth-order valence-electron chi connectivity index (χ4n) is 3.12. The molecule has 2 aliphatic heterocycles. The number of amides is 2. The normalized spacial score (nSPS) is 26.6. The molecule has 29 heavy (non-hydrogen) atoms. The molecule has 2 amide bonds. The van der Waals surface area contributed by atoms with Crippen molar-refractivity contribution in [1.82, 2.24) is 10.3 Å². The lowest BCUT2D eigenvalue weighted by molar-refractivity contribution is -0.805. The molecule has 2 aliphatic rings. The van der Waals surface area contributed by atoms with Gasteiger partial charge in [-0.25, -0.2) is 19.2 Å². The number of nitrogens with zero attached hydrogens (tertiary/aromatic N) is 3. The molecule has 1 unspecified atom stereocenters. The van der Waals surface area contributed by atoms with E-state index in [4.69, 9.17) is 10.5 Å². The number of hydrogen-bond donors (Lipinski definition) is 3. The van der Waals surface area contributed by atoms with E-state index in [9.17, 15) is 24.7 Å². The van der Waals surface area contributed by atoms with Crippen molar-refractivity contribution in [3.05, 3.63) is 27.6 Å². The standard InChI is InChI=1S/C15H17N5O7S2/c1-26-3-6-4-28-13-9(12(22)20(13,25)10(6)14(23)24)18-11(21)8(19-27-2)7-5-29-15(16)17-7/h5,9,13H,3-4H2,1-2H3,(H2,16,17)(H,18,21)(H,23,24)/b19-8-/t9-,13-,20?/m1/s1. The zero-order chi connectivity index (χ0) is 21.3. The molecule has 1 fully saturated rings. The first-order chi connectivity index (χ1) is 13.7. The summed E-state index contributed by atoms with van der Waals surface area (Å²) < 4.78 is 3.28. The number of rotatable bonds is 7. The molecular formula is C15H17N5O7S2. The molecule has 0 spiro atoms. The van der Waals surface area contributed by atoms with Crippen LogP contribution in [0.15, 0.2) is 21.8 Å². The van der Waals surface area contributed by atoms with Gasteiger partial charge in [-0.3, -0.25) is 4.79 Å². The highest BCUT2D eigenvalue weighted by Crippen LogP contribution is 2.47. The SMILES string of the molecule is COCC1=C(C(=O)O)[N+]2([O-])C(=O)[C@@H](NC(=O)/C(=N\OC)c3csc(N)n3)[C@H]2SC1. The molecule has 3 rings (SSSR count). The molecule has 156 valence electrons. The second kappa shape index (κ2) is 8.08. The van der Waals surface area contributed by atoms with Crippen LogP contribution in [0, 0.1) is 5.21 Å². The van der Waals surface area contributed by atoms with Gasteiger partial charge >= 0.3 is 11.9 Å². The van der Waals surface area contributed by atoms with E-state index in [1.54, 1.807) is 0 Å². The topological polar surface area (TPSA) is 176 Å². The lowest BCUT2D eigenvalue weighted by Gasteiger charge is -2.57. The number of carbonyl (C=O) groups is 3. The Kier molecular flexibility index (Phi) is 5.90. The minimum Gasteiger partial charge on any atom is -0.619 e. The number of nitrogens with one attached hydrogen (secondary N) is 1. The summed E-state index contributed by atoms with van der Waals surface area (Å²) >= 11 is 2.16. The van der Waals surface area contributed by atoms with Crippen molar-refractivity contribution in [1.29, 1.82) is 0 Å². The van der Waals surface area contributed by atoms with Crippen molar-refractivity contribution in [3.63, 3.8) is 0 Å². The maximum Gasteiger partial charge on any atom is 0.391 e. The number of nitrogen functional groups attached to an aromatic ring is 1. The van der Waals surface area contributed by atoms with Crippen LogP contribution in [0.1, 0.15) is 5.69 Å².